The second-order valence-electron chi connectivity index (χ2n) is 5.83. The Morgan fingerprint density at radius 3 is 2.62 bits per heavy atom. The van der Waals surface area contributed by atoms with E-state index in [1.165, 1.54) is 5.56 Å². The van der Waals surface area contributed by atoms with Crippen molar-refractivity contribution in [3.05, 3.63) is 63.6 Å². The number of Topliss-reactive ketones (excluding diaryl/α,β-unsaturated/α-hetero) is 1. The first kappa shape index (κ1) is 13.1. The van der Waals surface area contributed by atoms with Crippen molar-refractivity contribution in [2.45, 2.75) is 31.3 Å². The molecule has 2 aromatic rings. The molecule has 0 amide bonds. The number of ketones is 1. The fourth-order valence-corrected chi connectivity index (χ4v) is 3.84. The molecule has 21 heavy (non-hydrogen) atoms. The van der Waals surface area contributed by atoms with Crippen LogP contribution in [0.3, 0.4) is 0 Å². The van der Waals surface area contributed by atoms with E-state index in [0.29, 0.717) is 0 Å². The summed E-state index contributed by atoms with van der Waals surface area (Å²) in [5.41, 5.74) is 2.51. The summed E-state index contributed by atoms with van der Waals surface area (Å²) in [5.74, 6) is 1.01. The van der Waals surface area contributed by atoms with Crippen LogP contribution in [0.25, 0.3) is 0 Å². The lowest BCUT2D eigenvalue weighted by atomic mass is 9.75. The van der Waals surface area contributed by atoms with Crippen molar-refractivity contribution in [2.75, 3.05) is 0 Å². The van der Waals surface area contributed by atoms with Gasteiger partial charge in [0.2, 0.25) is 5.78 Å². The molecule has 1 unspecified atom stereocenters. The van der Waals surface area contributed by atoms with E-state index in [-0.39, 0.29) is 5.78 Å². The Bertz CT molecular complexity index is 738. The van der Waals surface area contributed by atoms with Gasteiger partial charge in [-0.2, -0.15) is 0 Å². The lowest BCUT2D eigenvalue weighted by molar-refractivity contribution is 0.0278. The number of benzene rings is 2. The van der Waals surface area contributed by atoms with Gasteiger partial charge in [-0.1, -0.05) is 40.2 Å². The summed E-state index contributed by atoms with van der Waals surface area (Å²) < 4.78 is 7.27. The summed E-state index contributed by atoms with van der Waals surface area (Å²) in [5, 5.41) is 0. The van der Waals surface area contributed by atoms with E-state index in [9.17, 15) is 4.79 Å². The van der Waals surface area contributed by atoms with Crippen molar-refractivity contribution >= 4 is 21.7 Å². The van der Waals surface area contributed by atoms with Gasteiger partial charge in [0.1, 0.15) is 5.75 Å². The van der Waals surface area contributed by atoms with Crippen molar-refractivity contribution in [3.63, 3.8) is 0 Å². The van der Waals surface area contributed by atoms with E-state index in [1.807, 2.05) is 36.4 Å². The van der Waals surface area contributed by atoms with Gasteiger partial charge in [0.25, 0.3) is 0 Å². The SMILES string of the molecule is O=C1c2ccccc2CCC12CCc1cc(Br)ccc1O2. The first-order valence-electron chi connectivity index (χ1n) is 7.28. The third kappa shape index (κ3) is 2.03. The molecule has 1 aliphatic heterocycles. The Morgan fingerprint density at radius 2 is 1.76 bits per heavy atom. The molecule has 106 valence electrons. The molecule has 0 radical (unpaired) electrons. The lowest BCUT2D eigenvalue weighted by Crippen LogP contribution is -2.50. The number of fused-ring (bicyclic) bond motifs is 2. The zero-order chi connectivity index (χ0) is 14.4. The molecule has 1 spiro atoms. The van der Waals surface area contributed by atoms with E-state index in [0.717, 1.165) is 47.0 Å². The molecule has 3 heteroatoms. The predicted molar refractivity (Wildman–Crippen MR) is 84.9 cm³/mol. The topological polar surface area (TPSA) is 26.3 Å². The van der Waals surface area contributed by atoms with Gasteiger partial charge in [-0.25, -0.2) is 0 Å². The Morgan fingerprint density at radius 1 is 1.00 bits per heavy atom. The zero-order valence-electron chi connectivity index (χ0n) is 11.6. The molecule has 1 heterocycles. The number of halogens is 1. The summed E-state index contributed by atoms with van der Waals surface area (Å²) in [4.78, 5) is 12.9. The average Bonchev–Trinajstić information content (AvgIpc) is 2.52. The monoisotopic (exact) mass is 342 g/mol. The lowest BCUT2D eigenvalue weighted by Gasteiger charge is -2.40. The Kier molecular flexibility index (Phi) is 2.93. The molecular formula is C18H15BrO2. The van der Waals surface area contributed by atoms with Gasteiger partial charge in [0, 0.05) is 10.0 Å². The van der Waals surface area contributed by atoms with Crippen LogP contribution >= 0.6 is 15.9 Å². The first-order chi connectivity index (χ1) is 10.2. The van der Waals surface area contributed by atoms with E-state index in [2.05, 4.69) is 22.0 Å². The van der Waals surface area contributed by atoms with Gasteiger partial charge >= 0.3 is 0 Å². The highest BCUT2D eigenvalue weighted by Gasteiger charge is 2.46. The van der Waals surface area contributed by atoms with E-state index >= 15 is 0 Å². The molecule has 0 N–H and O–H groups in total. The van der Waals surface area contributed by atoms with Crippen LogP contribution in [0.4, 0.5) is 0 Å². The normalized spacial score (nSPS) is 23.4. The van der Waals surface area contributed by atoms with E-state index < -0.39 is 5.60 Å². The highest BCUT2D eigenvalue weighted by molar-refractivity contribution is 9.10. The van der Waals surface area contributed by atoms with Crippen molar-refractivity contribution in [3.8, 4) is 5.75 Å². The first-order valence-corrected chi connectivity index (χ1v) is 8.07. The van der Waals surface area contributed by atoms with Crippen LogP contribution < -0.4 is 4.74 Å². The van der Waals surface area contributed by atoms with Gasteiger partial charge in [-0.3, -0.25) is 4.79 Å². The summed E-state index contributed by atoms with van der Waals surface area (Å²) >= 11 is 3.49. The molecule has 2 aromatic carbocycles. The van der Waals surface area contributed by atoms with E-state index in [1.54, 1.807) is 0 Å². The maximum atomic E-state index is 12.9. The number of hydrogen-bond acceptors (Lipinski definition) is 2. The fraction of sp³-hybridized carbons (Fsp3) is 0.278. The summed E-state index contributed by atoms with van der Waals surface area (Å²) in [7, 11) is 0. The quantitative estimate of drug-likeness (QED) is 0.711. The van der Waals surface area contributed by atoms with E-state index in [4.69, 9.17) is 4.74 Å². The smallest absolute Gasteiger partial charge is 0.206 e. The Hall–Kier alpha value is -1.61. The number of hydrogen-bond donors (Lipinski definition) is 0. The molecule has 0 bridgehead atoms. The van der Waals surface area contributed by atoms with Crippen LogP contribution in [0, 0.1) is 0 Å². The van der Waals surface area contributed by atoms with Crippen LogP contribution in [0.2, 0.25) is 0 Å². The second-order valence-corrected chi connectivity index (χ2v) is 6.75. The summed E-state index contributed by atoms with van der Waals surface area (Å²) in [6.45, 7) is 0. The summed E-state index contributed by atoms with van der Waals surface area (Å²) in [6.07, 6.45) is 3.35. The van der Waals surface area contributed by atoms with Crippen molar-refractivity contribution < 1.29 is 9.53 Å². The molecule has 4 rings (SSSR count). The molecule has 2 nitrogen and oxygen atoms in total. The van der Waals surface area contributed by atoms with Gasteiger partial charge in [-0.15, -0.1) is 0 Å². The number of aryl methyl sites for hydroxylation is 2. The van der Waals surface area contributed by atoms with Gasteiger partial charge in [-0.05, 0) is 55.0 Å². The van der Waals surface area contributed by atoms with Gasteiger partial charge < -0.3 is 4.74 Å². The molecule has 1 atom stereocenters. The highest BCUT2D eigenvalue weighted by atomic mass is 79.9. The minimum atomic E-state index is -0.658. The largest absolute Gasteiger partial charge is 0.479 e. The Labute approximate surface area is 132 Å². The van der Waals surface area contributed by atoms with Gasteiger partial charge in [0.15, 0.2) is 5.60 Å². The molecule has 1 aliphatic carbocycles. The van der Waals surface area contributed by atoms with Crippen LogP contribution in [0.1, 0.15) is 34.3 Å². The minimum Gasteiger partial charge on any atom is -0.479 e. The zero-order valence-corrected chi connectivity index (χ0v) is 13.2. The number of rotatable bonds is 0. The highest BCUT2D eigenvalue weighted by Crippen LogP contribution is 2.41. The fourth-order valence-electron chi connectivity index (χ4n) is 3.43. The third-order valence-electron chi connectivity index (χ3n) is 4.60. The molecule has 0 aromatic heterocycles. The molecule has 0 saturated heterocycles. The van der Waals surface area contributed by atoms with Crippen LogP contribution in [-0.4, -0.2) is 11.4 Å². The Balaban J connectivity index is 1.74. The third-order valence-corrected chi connectivity index (χ3v) is 5.09. The van der Waals surface area contributed by atoms with Crippen molar-refractivity contribution in [1.29, 1.82) is 0 Å². The predicted octanol–water partition coefficient (Wildman–Crippen LogP) is 4.34. The molecule has 0 saturated carbocycles. The van der Waals surface area contributed by atoms with Crippen molar-refractivity contribution in [1.82, 2.24) is 0 Å². The van der Waals surface area contributed by atoms with Gasteiger partial charge in [0.05, 0.1) is 0 Å². The minimum absolute atomic E-state index is 0.151. The number of ether oxygens (including phenoxy) is 1. The number of carbonyl (C=O) groups is 1. The maximum Gasteiger partial charge on any atom is 0.206 e. The molecule has 0 fully saturated rings. The standard InChI is InChI=1S/C18H15BrO2/c19-14-5-6-16-13(11-14)8-10-18(21-16)9-7-12-3-1-2-4-15(12)17(18)20/h1-6,11H,7-10H2. The van der Waals surface area contributed by atoms with Crippen molar-refractivity contribution in [2.24, 2.45) is 0 Å². The molecule has 2 aliphatic rings. The van der Waals surface area contributed by atoms with Crippen LogP contribution in [-0.2, 0) is 12.8 Å². The average molecular weight is 343 g/mol. The summed E-state index contributed by atoms with van der Waals surface area (Å²) in [6, 6.07) is 13.9. The second kappa shape index (κ2) is 4.70. The number of carbonyl (C=O) groups excluding carboxylic acids is 1. The molecular weight excluding hydrogens is 328 g/mol. The maximum absolute atomic E-state index is 12.9. The van der Waals surface area contributed by atoms with Crippen LogP contribution in [0.5, 0.6) is 5.75 Å². The van der Waals surface area contributed by atoms with Crippen LogP contribution in [0.15, 0.2) is 46.9 Å².